The normalized spacial score (nSPS) is 26.9. The summed E-state index contributed by atoms with van der Waals surface area (Å²) in [5.41, 5.74) is 0.769. The van der Waals surface area contributed by atoms with Gasteiger partial charge < -0.3 is 24.2 Å². The summed E-state index contributed by atoms with van der Waals surface area (Å²) in [5, 5.41) is 0. The smallest absolute Gasteiger partial charge is 0.320 e. The number of urea groups is 1. The fourth-order valence-electron chi connectivity index (χ4n) is 5.53. The number of nitrogens with zero attached hydrogens (tertiary/aromatic N) is 3. The van der Waals surface area contributed by atoms with E-state index >= 15 is 0 Å². The molecule has 1 aromatic rings. The maximum Gasteiger partial charge on any atom is 0.320 e. The molecular formula is C23H33N3O4. The zero-order valence-corrected chi connectivity index (χ0v) is 18.5. The standard InChI is InChI=1S/C23H33N3O4/c1-24(2)22(28)26-13-17-12-25(21(27)23(15-29-3)10-5-11-23)14-19(17)20(26)16-6-8-18(30-4)9-7-16/h6-9,17,19-20H,5,10-15H2,1-4H3/t17-,19-,20+/m1/s1. The van der Waals surface area contributed by atoms with Gasteiger partial charge >= 0.3 is 6.03 Å². The fourth-order valence-corrected chi connectivity index (χ4v) is 5.53. The van der Waals surface area contributed by atoms with Gasteiger partial charge in [0.05, 0.1) is 25.2 Å². The molecule has 0 N–H and O–H groups in total. The molecule has 2 heterocycles. The van der Waals surface area contributed by atoms with E-state index in [1.54, 1.807) is 33.2 Å². The summed E-state index contributed by atoms with van der Waals surface area (Å²) in [6.07, 6.45) is 2.92. The third kappa shape index (κ3) is 3.43. The van der Waals surface area contributed by atoms with Crippen LogP contribution >= 0.6 is 0 Å². The van der Waals surface area contributed by atoms with Crippen LogP contribution in [0.15, 0.2) is 24.3 Å². The monoisotopic (exact) mass is 415 g/mol. The van der Waals surface area contributed by atoms with Crippen LogP contribution < -0.4 is 4.74 Å². The zero-order valence-electron chi connectivity index (χ0n) is 18.5. The van der Waals surface area contributed by atoms with Crippen molar-refractivity contribution in [3.63, 3.8) is 0 Å². The van der Waals surface area contributed by atoms with E-state index in [2.05, 4.69) is 0 Å². The minimum Gasteiger partial charge on any atom is -0.497 e. The number of rotatable bonds is 5. The van der Waals surface area contributed by atoms with Crippen LogP contribution in [0.3, 0.4) is 0 Å². The highest BCUT2D eigenvalue weighted by Crippen LogP contribution is 2.48. The number of likely N-dealkylation sites (tertiary alicyclic amines) is 2. The topological polar surface area (TPSA) is 62.3 Å². The first-order chi connectivity index (χ1) is 14.4. The van der Waals surface area contributed by atoms with Gasteiger partial charge in [-0.2, -0.15) is 0 Å². The SMILES string of the molecule is COCC1(C(=O)N2C[C@@H]3CN(C(=O)N(C)C)[C@@H](c4ccc(OC)cc4)[C@@H]3C2)CCC1. The molecule has 1 aromatic carbocycles. The van der Waals surface area contributed by atoms with Gasteiger partial charge in [0.15, 0.2) is 0 Å². The summed E-state index contributed by atoms with van der Waals surface area (Å²) in [4.78, 5) is 32.0. The van der Waals surface area contributed by atoms with Crippen LogP contribution in [0.1, 0.15) is 30.9 Å². The van der Waals surface area contributed by atoms with Crippen LogP contribution in [0, 0.1) is 17.3 Å². The Morgan fingerprint density at radius 3 is 2.33 bits per heavy atom. The minimum absolute atomic E-state index is 0.0259. The maximum atomic E-state index is 13.4. The number of amides is 3. The predicted molar refractivity (Wildman–Crippen MR) is 113 cm³/mol. The lowest BCUT2D eigenvalue weighted by Gasteiger charge is -2.42. The Hall–Kier alpha value is -2.28. The van der Waals surface area contributed by atoms with E-state index in [0.717, 1.165) is 37.1 Å². The van der Waals surface area contributed by atoms with Crippen molar-refractivity contribution in [2.45, 2.75) is 25.3 Å². The molecular weight excluding hydrogens is 382 g/mol. The highest BCUT2D eigenvalue weighted by molar-refractivity contribution is 5.84. The summed E-state index contributed by atoms with van der Waals surface area (Å²) in [5.74, 6) is 1.58. The van der Waals surface area contributed by atoms with Crippen molar-refractivity contribution in [1.29, 1.82) is 0 Å². The molecule has 0 aromatic heterocycles. The Balaban J connectivity index is 1.58. The number of benzene rings is 1. The quantitative estimate of drug-likeness (QED) is 0.742. The van der Waals surface area contributed by atoms with Gasteiger partial charge in [0.1, 0.15) is 5.75 Å². The third-order valence-corrected chi connectivity index (χ3v) is 7.22. The highest BCUT2D eigenvalue weighted by Gasteiger charge is 2.54. The van der Waals surface area contributed by atoms with E-state index in [1.165, 1.54) is 0 Å². The van der Waals surface area contributed by atoms with E-state index in [0.29, 0.717) is 25.6 Å². The molecule has 7 heteroatoms. The Labute approximate surface area is 178 Å². The molecule has 3 atom stereocenters. The molecule has 0 bridgehead atoms. The van der Waals surface area contributed by atoms with E-state index in [1.807, 2.05) is 34.1 Å². The van der Waals surface area contributed by atoms with E-state index < -0.39 is 0 Å². The summed E-state index contributed by atoms with van der Waals surface area (Å²) in [6.45, 7) is 2.60. The Kier molecular flexibility index (Phi) is 5.66. The van der Waals surface area contributed by atoms with Crippen LogP contribution in [-0.4, -0.2) is 81.2 Å². The molecule has 0 spiro atoms. The van der Waals surface area contributed by atoms with Gasteiger partial charge in [0.2, 0.25) is 5.91 Å². The van der Waals surface area contributed by atoms with Crippen molar-refractivity contribution in [2.75, 3.05) is 54.6 Å². The molecule has 164 valence electrons. The molecule has 3 amide bonds. The summed E-state index contributed by atoms with van der Waals surface area (Å²) in [6, 6.07) is 7.97. The van der Waals surface area contributed by atoms with Gasteiger partial charge in [-0.25, -0.2) is 4.79 Å². The predicted octanol–water partition coefficient (Wildman–Crippen LogP) is 2.62. The van der Waals surface area contributed by atoms with Crippen molar-refractivity contribution in [2.24, 2.45) is 17.3 Å². The lowest BCUT2D eigenvalue weighted by atomic mass is 9.68. The molecule has 30 heavy (non-hydrogen) atoms. The first-order valence-electron chi connectivity index (χ1n) is 10.8. The average molecular weight is 416 g/mol. The molecule has 0 radical (unpaired) electrons. The third-order valence-electron chi connectivity index (χ3n) is 7.22. The second kappa shape index (κ2) is 8.10. The Morgan fingerprint density at radius 1 is 1.10 bits per heavy atom. The number of carbonyl (C=O) groups excluding carboxylic acids is 2. The molecule has 2 aliphatic heterocycles. The Morgan fingerprint density at radius 2 is 1.80 bits per heavy atom. The van der Waals surface area contributed by atoms with Crippen LogP contribution in [0.5, 0.6) is 5.75 Å². The number of ether oxygens (including phenoxy) is 2. The second-order valence-electron chi connectivity index (χ2n) is 9.25. The van der Waals surface area contributed by atoms with Crippen LogP contribution in [0.2, 0.25) is 0 Å². The van der Waals surface area contributed by atoms with Crippen LogP contribution in [0.4, 0.5) is 4.79 Å². The van der Waals surface area contributed by atoms with Crippen LogP contribution in [0.25, 0.3) is 0 Å². The van der Waals surface area contributed by atoms with E-state index in [9.17, 15) is 9.59 Å². The van der Waals surface area contributed by atoms with Gasteiger partial charge in [0.25, 0.3) is 0 Å². The first-order valence-corrected chi connectivity index (χ1v) is 10.8. The first kappa shape index (κ1) is 21.0. The molecule has 1 saturated carbocycles. The largest absolute Gasteiger partial charge is 0.497 e. The number of methoxy groups -OCH3 is 2. The summed E-state index contributed by atoms with van der Waals surface area (Å²) >= 11 is 0. The maximum absolute atomic E-state index is 13.4. The Bertz CT molecular complexity index is 790. The molecule has 1 aliphatic carbocycles. The van der Waals surface area contributed by atoms with Crippen molar-refractivity contribution in [3.05, 3.63) is 29.8 Å². The van der Waals surface area contributed by atoms with Crippen LogP contribution in [-0.2, 0) is 9.53 Å². The molecule has 7 nitrogen and oxygen atoms in total. The van der Waals surface area contributed by atoms with Gasteiger partial charge in [-0.3, -0.25) is 4.79 Å². The van der Waals surface area contributed by atoms with Crippen molar-refractivity contribution in [1.82, 2.24) is 14.7 Å². The number of carbonyl (C=O) groups is 2. The number of hydrogen-bond donors (Lipinski definition) is 0. The van der Waals surface area contributed by atoms with Gasteiger partial charge in [-0.15, -0.1) is 0 Å². The van der Waals surface area contributed by atoms with Crippen molar-refractivity contribution < 1.29 is 19.1 Å². The summed E-state index contributed by atoms with van der Waals surface area (Å²) in [7, 11) is 6.92. The number of hydrogen-bond acceptors (Lipinski definition) is 4. The van der Waals surface area contributed by atoms with Crippen molar-refractivity contribution >= 4 is 11.9 Å². The molecule has 2 saturated heterocycles. The van der Waals surface area contributed by atoms with E-state index in [-0.39, 0.29) is 29.3 Å². The molecule has 4 rings (SSSR count). The molecule has 3 aliphatic rings. The van der Waals surface area contributed by atoms with Gasteiger partial charge in [-0.1, -0.05) is 18.6 Å². The fraction of sp³-hybridized carbons (Fsp3) is 0.652. The number of fused-ring (bicyclic) bond motifs is 1. The van der Waals surface area contributed by atoms with Gasteiger partial charge in [0, 0.05) is 52.7 Å². The zero-order chi connectivity index (χ0) is 21.5. The lowest BCUT2D eigenvalue weighted by Crippen LogP contribution is -2.50. The minimum atomic E-state index is -0.331. The lowest BCUT2D eigenvalue weighted by molar-refractivity contribution is -0.151. The summed E-state index contributed by atoms with van der Waals surface area (Å²) < 4.78 is 10.7. The van der Waals surface area contributed by atoms with E-state index in [4.69, 9.17) is 9.47 Å². The average Bonchev–Trinajstić information content (AvgIpc) is 3.27. The van der Waals surface area contributed by atoms with Crippen molar-refractivity contribution in [3.8, 4) is 5.75 Å². The highest BCUT2D eigenvalue weighted by atomic mass is 16.5. The van der Waals surface area contributed by atoms with Gasteiger partial charge in [-0.05, 0) is 30.5 Å². The molecule has 0 unspecified atom stereocenters. The molecule has 3 fully saturated rings. The second-order valence-corrected chi connectivity index (χ2v) is 9.25.